The third kappa shape index (κ3) is 2.36. The van der Waals surface area contributed by atoms with E-state index < -0.39 is 29.1 Å². The quantitative estimate of drug-likeness (QED) is 0.627. The lowest BCUT2D eigenvalue weighted by molar-refractivity contribution is 0.0842. The summed E-state index contributed by atoms with van der Waals surface area (Å²) < 4.78 is 10.6. The average molecular weight is 318 g/mol. The van der Waals surface area contributed by atoms with E-state index in [0.29, 0.717) is 5.56 Å². The fourth-order valence-corrected chi connectivity index (χ4v) is 2.54. The Morgan fingerprint density at radius 3 is 2.48 bits per heavy atom. The van der Waals surface area contributed by atoms with Crippen LogP contribution < -0.4 is 9.47 Å². The van der Waals surface area contributed by atoms with Crippen LogP contribution in [0.25, 0.3) is 0 Å². The summed E-state index contributed by atoms with van der Waals surface area (Å²) in [7, 11) is 1.42. The minimum absolute atomic E-state index is 0.0330. The number of fused-ring (bicyclic) bond motifs is 1. The van der Waals surface area contributed by atoms with E-state index in [1.165, 1.54) is 13.2 Å². The lowest BCUT2D eigenvalue weighted by Crippen LogP contribution is -2.20. The van der Waals surface area contributed by atoms with Crippen molar-refractivity contribution >= 4 is 5.78 Å². The molecule has 1 aliphatic rings. The molecular weight excluding hydrogens is 304 g/mol. The van der Waals surface area contributed by atoms with Gasteiger partial charge in [0, 0.05) is 6.07 Å². The van der Waals surface area contributed by atoms with Gasteiger partial charge < -0.3 is 29.9 Å². The summed E-state index contributed by atoms with van der Waals surface area (Å²) in [6, 6.07) is 5.67. The highest BCUT2D eigenvalue weighted by molar-refractivity contribution is 6.03. The lowest BCUT2D eigenvalue weighted by atomic mass is 9.95. The van der Waals surface area contributed by atoms with E-state index in [2.05, 4.69) is 0 Å². The Hall–Kier alpha value is -3.09. The second-order valence-corrected chi connectivity index (χ2v) is 5.13. The predicted octanol–water partition coefficient (Wildman–Crippen LogP) is 2.22. The first-order valence-electron chi connectivity index (χ1n) is 6.77. The van der Waals surface area contributed by atoms with Crippen molar-refractivity contribution in [2.24, 2.45) is 0 Å². The number of hydrogen-bond donors (Lipinski definition) is 4. The molecule has 1 aliphatic heterocycles. The first-order chi connectivity index (χ1) is 10.9. The molecule has 0 bridgehead atoms. The molecule has 0 fully saturated rings. The number of aromatic hydroxyl groups is 4. The zero-order valence-electron chi connectivity index (χ0n) is 12.1. The molecule has 1 heterocycles. The van der Waals surface area contributed by atoms with Crippen LogP contribution in [0.5, 0.6) is 34.5 Å². The highest BCUT2D eigenvalue weighted by Crippen LogP contribution is 2.48. The van der Waals surface area contributed by atoms with Crippen molar-refractivity contribution in [2.75, 3.05) is 7.11 Å². The van der Waals surface area contributed by atoms with E-state index in [1.807, 2.05) is 0 Å². The zero-order chi connectivity index (χ0) is 16.7. The number of phenols is 4. The summed E-state index contributed by atoms with van der Waals surface area (Å²) in [5.74, 6) is -2.34. The van der Waals surface area contributed by atoms with E-state index in [1.54, 1.807) is 12.1 Å². The number of benzene rings is 2. The number of rotatable bonds is 2. The van der Waals surface area contributed by atoms with Crippen LogP contribution in [-0.4, -0.2) is 33.3 Å². The number of carbonyl (C=O) groups excluding carboxylic acids is 1. The van der Waals surface area contributed by atoms with Gasteiger partial charge in [0.25, 0.3) is 0 Å². The summed E-state index contributed by atoms with van der Waals surface area (Å²) in [6.07, 6.45) is -0.786. The topological polar surface area (TPSA) is 116 Å². The van der Waals surface area contributed by atoms with Gasteiger partial charge in [-0.15, -0.1) is 0 Å². The van der Waals surface area contributed by atoms with Crippen molar-refractivity contribution in [3.8, 4) is 34.5 Å². The first-order valence-corrected chi connectivity index (χ1v) is 6.77. The van der Waals surface area contributed by atoms with Crippen LogP contribution in [0.2, 0.25) is 0 Å². The highest BCUT2D eigenvalue weighted by Gasteiger charge is 2.33. The molecule has 7 nitrogen and oxygen atoms in total. The molecule has 1 unspecified atom stereocenters. The molecule has 4 N–H and O–H groups in total. The predicted molar refractivity (Wildman–Crippen MR) is 78.4 cm³/mol. The van der Waals surface area contributed by atoms with Gasteiger partial charge in [0.1, 0.15) is 17.4 Å². The Morgan fingerprint density at radius 1 is 1.09 bits per heavy atom. The second-order valence-electron chi connectivity index (χ2n) is 5.13. The van der Waals surface area contributed by atoms with Crippen LogP contribution >= 0.6 is 0 Å². The molecule has 0 saturated carbocycles. The number of hydrogen-bond acceptors (Lipinski definition) is 7. The zero-order valence-corrected chi connectivity index (χ0v) is 12.1. The Balaban J connectivity index is 2.01. The molecule has 2 aromatic carbocycles. The standard InChI is InChI=1S/C16H14O7/c1-22-11-3-2-7(4-8(11)17)12-5-9(18)14-13(23-12)6-10(19)15(20)16(14)21/h2-4,6,12,17,19-21H,5H2,1H3. The maximum absolute atomic E-state index is 12.2. The van der Waals surface area contributed by atoms with Crippen molar-refractivity contribution in [1.29, 1.82) is 0 Å². The summed E-state index contributed by atoms with van der Waals surface area (Å²) in [6.45, 7) is 0. The van der Waals surface area contributed by atoms with Gasteiger partial charge in [-0.05, 0) is 17.7 Å². The molecule has 120 valence electrons. The number of Topliss-reactive ketones (excluding diaryl/α,β-unsaturated/α-hetero) is 1. The van der Waals surface area contributed by atoms with E-state index in [9.17, 15) is 25.2 Å². The van der Waals surface area contributed by atoms with Crippen molar-refractivity contribution in [1.82, 2.24) is 0 Å². The Kier molecular flexibility index (Phi) is 3.40. The fourth-order valence-electron chi connectivity index (χ4n) is 2.54. The van der Waals surface area contributed by atoms with E-state index in [4.69, 9.17) is 9.47 Å². The summed E-state index contributed by atoms with van der Waals surface area (Å²) in [4.78, 5) is 12.2. The van der Waals surface area contributed by atoms with Gasteiger partial charge in [-0.2, -0.15) is 0 Å². The number of methoxy groups -OCH3 is 1. The van der Waals surface area contributed by atoms with Crippen molar-refractivity contribution in [3.05, 3.63) is 35.4 Å². The monoisotopic (exact) mass is 318 g/mol. The first kappa shape index (κ1) is 14.8. The molecule has 0 spiro atoms. The van der Waals surface area contributed by atoms with E-state index in [-0.39, 0.29) is 29.2 Å². The van der Waals surface area contributed by atoms with Crippen LogP contribution in [0.15, 0.2) is 24.3 Å². The molecule has 3 rings (SSSR count). The fraction of sp³-hybridized carbons (Fsp3) is 0.188. The van der Waals surface area contributed by atoms with Gasteiger partial charge >= 0.3 is 0 Å². The molecule has 23 heavy (non-hydrogen) atoms. The lowest BCUT2D eigenvalue weighted by Gasteiger charge is -2.26. The van der Waals surface area contributed by atoms with E-state index in [0.717, 1.165) is 6.07 Å². The van der Waals surface area contributed by atoms with Gasteiger partial charge in [0.05, 0.1) is 13.5 Å². The van der Waals surface area contributed by atoms with Crippen molar-refractivity contribution < 1.29 is 34.7 Å². The van der Waals surface area contributed by atoms with Crippen molar-refractivity contribution in [2.45, 2.75) is 12.5 Å². The van der Waals surface area contributed by atoms with Crippen LogP contribution in [0.1, 0.15) is 28.4 Å². The minimum atomic E-state index is -0.763. The third-order valence-electron chi connectivity index (χ3n) is 3.71. The summed E-state index contributed by atoms with van der Waals surface area (Å²) >= 11 is 0. The number of ketones is 1. The number of ether oxygens (including phenoxy) is 2. The van der Waals surface area contributed by atoms with E-state index >= 15 is 0 Å². The van der Waals surface area contributed by atoms with Crippen LogP contribution in [0, 0.1) is 0 Å². The molecule has 7 heteroatoms. The molecule has 0 aliphatic carbocycles. The second kappa shape index (κ2) is 5.28. The van der Waals surface area contributed by atoms with Gasteiger partial charge in [-0.3, -0.25) is 4.79 Å². The van der Waals surface area contributed by atoms with Crippen molar-refractivity contribution in [3.63, 3.8) is 0 Å². The number of carbonyl (C=O) groups is 1. The third-order valence-corrected chi connectivity index (χ3v) is 3.71. The Morgan fingerprint density at radius 2 is 1.83 bits per heavy atom. The molecular formula is C16H14O7. The summed E-state index contributed by atoms with van der Waals surface area (Å²) in [5.41, 5.74) is 0.364. The SMILES string of the molecule is COc1ccc(C2CC(=O)c3c(cc(O)c(O)c3O)O2)cc1O. The maximum atomic E-state index is 12.2. The van der Waals surface area contributed by atoms with Crippen LogP contribution in [-0.2, 0) is 0 Å². The largest absolute Gasteiger partial charge is 0.504 e. The molecule has 2 aromatic rings. The highest BCUT2D eigenvalue weighted by atomic mass is 16.5. The van der Waals surface area contributed by atoms with Gasteiger partial charge in [-0.25, -0.2) is 0 Å². The van der Waals surface area contributed by atoms with Gasteiger partial charge in [-0.1, -0.05) is 6.07 Å². The average Bonchev–Trinajstić information content (AvgIpc) is 2.52. The van der Waals surface area contributed by atoms with Crippen LogP contribution in [0.3, 0.4) is 0 Å². The van der Waals surface area contributed by atoms with Gasteiger partial charge in [0.2, 0.25) is 5.75 Å². The maximum Gasteiger partial charge on any atom is 0.201 e. The van der Waals surface area contributed by atoms with Crippen LogP contribution in [0.4, 0.5) is 0 Å². The van der Waals surface area contributed by atoms with Gasteiger partial charge in [0.15, 0.2) is 28.8 Å². The Labute approximate surface area is 131 Å². The summed E-state index contributed by atoms with van der Waals surface area (Å²) in [5, 5.41) is 38.7. The molecule has 0 saturated heterocycles. The molecule has 0 aromatic heterocycles. The smallest absolute Gasteiger partial charge is 0.201 e. The normalized spacial score (nSPS) is 16.6. The molecule has 0 amide bonds. The Bertz CT molecular complexity index is 798. The molecule has 1 atom stereocenters. The minimum Gasteiger partial charge on any atom is -0.504 e. The molecule has 0 radical (unpaired) electrons. The number of phenolic OH excluding ortho intramolecular Hbond substituents is 4.